The van der Waals surface area contributed by atoms with Gasteiger partial charge in [0.15, 0.2) is 0 Å². The number of carbonyl (C=O) groups is 1. The second-order valence-corrected chi connectivity index (χ2v) is 5.82. The van der Waals surface area contributed by atoms with E-state index in [-0.39, 0.29) is 5.91 Å². The highest BCUT2D eigenvalue weighted by Gasteiger charge is 2.15. The molecule has 0 unspecified atom stereocenters. The lowest BCUT2D eigenvalue weighted by Gasteiger charge is -2.12. The van der Waals surface area contributed by atoms with E-state index in [0.29, 0.717) is 27.9 Å². The molecule has 1 aromatic heterocycles. The number of methoxy groups -OCH3 is 2. The lowest BCUT2D eigenvalue weighted by atomic mass is 10.2. The van der Waals surface area contributed by atoms with E-state index >= 15 is 0 Å². The van der Waals surface area contributed by atoms with Crippen LogP contribution >= 0.6 is 11.6 Å². The number of hydrogen-bond acceptors (Lipinski definition) is 3. The van der Waals surface area contributed by atoms with Gasteiger partial charge in [-0.15, -0.1) is 0 Å². The van der Waals surface area contributed by atoms with Gasteiger partial charge in [-0.25, -0.2) is 0 Å². The summed E-state index contributed by atoms with van der Waals surface area (Å²) in [4.78, 5) is 15.7. The molecule has 1 heterocycles. The molecule has 1 amide bonds. The van der Waals surface area contributed by atoms with Crippen LogP contribution in [0.4, 0.5) is 5.69 Å². The van der Waals surface area contributed by atoms with Crippen LogP contribution < -0.4 is 14.8 Å². The van der Waals surface area contributed by atoms with Crippen LogP contribution in [0.2, 0.25) is 5.02 Å². The molecule has 124 valence electrons. The third-order valence-corrected chi connectivity index (χ3v) is 4.04. The zero-order valence-corrected chi connectivity index (χ0v) is 14.3. The minimum atomic E-state index is -0.272. The monoisotopic (exact) mass is 344 g/mol. The van der Waals surface area contributed by atoms with Gasteiger partial charge >= 0.3 is 0 Å². The van der Waals surface area contributed by atoms with Gasteiger partial charge < -0.3 is 19.8 Å². The molecular formula is C18H17ClN2O3. The van der Waals surface area contributed by atoms with Gasteiger partial charge in [0.1, 0.15) is 17.2 Å². The van der Waals surface area contributed by atoms with E-state index in [9.17, 15) is 4.79 Å². The van der Waals surface area contributed by atoms with E-state index in [1.807, 2.05) is 31.2 Å². The fourth-order valence-electron chi connectivity index (χ4n) is 2.52. The quantitative estimate of drug-likeness (QED) is 0.737. The summed E-state index contributed by atoms with van der Waals surface area (Å²) in [5.74, 6) is 0.646. The van der Waals surface area contributed by atoms with Crippen LogP contribution in [0, 0.1) is 6.92 Å². The van der Waals surface area contributed by atoms with E-state index in [1.54, 1.807) is 12.1 Å². The van der Waals surface area contributed by atoms with Gasteiger partial charge in [-0.2, -0.15) is 0 Å². The number of aromatic amines is 1. The second-order valence-electron chi connectivity index (χ2n) is 5.41. The number of nitrogens with one attached hydrogen (secondary N) is 2. The maximum Gasteiger partial charge on any atom is 0.272 e. The number of anilines is 1. The second kappa shape index (κ2) is 6.45. The Morgan fingerprint density at radius 3 is 2.54 bits per heavy atom. The van der Waals surface area contributed by atoms with Crippen LogP contribution in [-0.2, 0) is 0 Å². The molecule has 0 aliphatic heterocycles. The van der Waals surface area contributed by atoms with E-state index in [0.717, 1.165) is 16.5 Å². The maximum atomic E-state index is 12.5. The summed E-state index contributed by atoms with van der Waals surface area (Å²) >= 11 is 6.08. The van der Waals surface area contributed by atoms with E-state index in [4.69, 9.17) is 21.1 Å². The largest absolute Gasteiger partial charge is 0.495 e. The number of ether oxygens (including phenoxy) is 2. The van der Waals surface area contributed by atoms with Crippen molar-refractivity contribution in [3.63, 3.8) is 0 Å². The molecule has 0 atom stereocenters. The lowest BCUT2D eigenvalue weighted by molar-refractivity contribution is 0.102. The standard InChI is InChI=1S/C18H17ClN2O3/c1-10-4-5-13-11(6-10)7-15(20-13)18(22)21-14-9-16(23-2)12(19)8-17(14)24-3/h4-9,20H,1-3H3,(H,21,22). The number of benzene rings is 2. The first kappa shape index (κ1) is 16.2. The Hall–Kier alpha value is -2.66. The fraction of sp³-hybridized carbons (Fsp3) is 0.167. The van der Waals surface area contributed by atoms with Crippen molar-refractivity contribution in [1.29, 1.82) is 0 Å². The number of aromatic nitrogens is 1. The SMILES string of the molecule is COc1cc(NC(=O)c2cc3cc(C)ccc3[nH]2)c(OC)cc1Cl. The highest BCUT2D eigenvalue weighted by Crippen LogP contribution is 2.36. The minimum absolute atomic E-state index is 0.272. The topological polar surface area (TPSA) is 63.3 Å². The molecular weight excluding hydrogens is 328 g/mol. The molecule has 0 fully saturated rings. The molecule has 0 aliphatic rings. The van der Waals surface area contributed by atoms with Crippen LogP contribution in [0.15, 0.2) is 36.4 Å². The lowest BCUT2D eigenvalue weighted by Crippen LogP contribution is -2.13. The summed E-state index contributed by atoms with van der Waals surface area (Å²) in [6.45, 7) is 2.01. The van der Waals surface area contributed by atoms with Gasteiger partial charge in [0.25, 0.3) is 5.91 Å². The summed E-state index contributed by atoms with van der Waals surface area (Å²) in [6.07, 6.45) is 0. The molecule has 2 aromatic carbocycles. The zero-order chi connectivity index (χ0) is 17.3. The van der Waals surface area contributed by atoms with E-state index in [1.165, 1.54) is 14.2 Å². The minimum Gasteiger partial charge on any atom is -0.495 e. The maximum absolute atomic E-state index is 12.5. The number of carbonyl (C=O) groups excluding carboxylic acids is 1. The molecule has 3 aromatic rings. The van der Waals surface area contributed by atoms with Gasteiger partial charge in [-0.1, -0.05) is 23.2 Å². The van der Waals surface area contributed by atoms with Crippen molar-refractivity contribution in [2.45, 2.75) is 6.92 Å². The normalized spacial score (nSPS) is 10.7. The van der Waals surface area contributed by atoms with E-state index in [2.05, 4.69) is 10.3 Å². The Bertz CT molecular complexity index is 918. The number of fused-ring (bicyclic) bond motifs is 1. The third kappa shape index (κ3) is 3.03. The molecule has 0 aliphatic carbocycles. The van der Waals surface area contributed by atoms with Gasteiger partial charge in [-0.3, -0.25) is 4.79 Å². The summed E-state index contributed by atoms with van der Waals surface area (Å²) in [6, 6.07) is 11.0. The summed E-state index contributed by atoms with van der Waals surface area (Å²) in [7, 11) is 3.03. The van der Waals surface area contributed by atoms with Crippen molar-refractivity contribution < 1.29 is 14.3 Å². The molecule has 0 saturated carbocycles. The first-order chi connectivity index (χ1) is 11.5. The number of H-pyrrole nitrogens is 1. The molecule has 5 nitrogen and oxygen atoms in total. The first-order valence-electron chi connectivity index (χ1n) is 7.34. The van der Waals surface area contributed by atoms with Crippen molar-refractivity contribution in [3.8, 4) is 11.5 Å². The molecule has 2 N–H and O–H groups in total. The van der Waals surface area contributed by atoms with Crippen molar-refractivity contribution in [3.05, 3.63) is 52.7 Å². The van der Waals surface area contributed by atoms with Crippen LogP contribution in [0.1, 0.15) is 16.1 Å². The average molecular weight is 345 g/mol. The molecule has 6 heteroatoms. The Balaban J connectivity index is 1.93. The predicted molar refractivity (Wildman–Crippen MR) is 95.5 cm³/mol. The number of amides is 1. The van der Waals surface area contributed by atoms with Crippen LogP contribution in [0.3, 0.4) is 0 Å². The van der Waals surface area contributed by atoms with Gasteiger partial charge in [0.2, 0.25) is 0 Å². The van der Waals surface area contributed by atoms with Crippen LogP contribution in [0.5, 0.6) is 11.5 Å². The molecule has 0 saturated heterocycles. The van der Waals surface area contributed by atoms with Crippen molar-refractivity contribution >= 4 is 34.1 Å². The number of rotatable bonds is 4. The molecule has 0 spiro atoms. The van der Waals surface area contributed by atoms with Gasteiger partial charge in [-0.05, 0) is 25.1 Å². The Morgan fingerprint density at radius 1 is 1.08 bits per heavy atom. The first-order valence-corrected chi connectivity index (χ1v) is 7.72. The van der Waals surface area contributed by atoms with Crippen LogP contribution in [-0.4, -0.2) is 25.1 Å². The Kier molecular flexibility index (Phi) is 4.36. The Labute approximate surface area is 144 Å². The van der Waals surface area contributed by atoms with Crippen molar-refractivity contribution in [2.75, 3.05) is 19.5 Å². The summed E-state index contributed by atoms with van der Waals surface area (Å²) < 4.78 is 10.5. The number of hydrogen-bond donors (Lipinski definition) is 2. The molecule has 0 bridgehead atoms. The zero-order valence-electron chi connectivity index (χ0n) is 13.6. The summed E-state index contributed by atoms with van der Waals surface area (Å²) in [5, 5.41) is 4.22. The van der Waals surface area contributed by atoms with Gasteiger partial charge in [0, 0.05) is 23.0 Å². The van der Waals surface area contributed by atoms with Crippen LogP contribution in [0.25, 0.3) is 10.9 Å². The highest BCUT2D eigenvalue weighted by molar-refractivity contribution is 6.32. The summed E-state index contributed by atoms with van der Waals surface area (Å²) in [5.41, 5.74) is 2.99. The molecule has 3 rings (SSSR count). The number of aryl methyl sites for hydroxylation is 1. The molecule has 24 heavy (non-hydrogen) atoms. The third-order valence-electron chi connectivity index (χ3n) is 3.74. The Morgan fingerprint density at radius 2 is 1.83 bits per heavy atom. The molecule has 0 radical (unpaired) electrons. The predicted octanol–water partition coefficient (Wildman–Crippen LogP) is 4.40. The van der Waals surface area contributed by atoms with Gasteiger partial charge in [0.05, 0.1) is 24.9 Å². The van der Waals surface area contributed by atoms with Crippen molar-refractivity contribution in [1.82, 2.24) is 4.98 Å². The van der Waals surface area contributed by atoms with Crippen molar-refractivity contribution in [2.24, 2.45) is 0 Å². The van der Waals surface area contributed by atoms with E-state index < -0.39 is 0 Å². The fourth-order valence-corrected chi connectivity index (χ4v) is 2.75. The smallest absolute Gasteiger partial charge is 0.272 e. The number of halogens is 1. The highest BCUT2D eigenvalue weighted by atomic mass is 35.5. The average Bonchev–Trinajstić information content (AvgIpc) is 2.99.